The lowest BCUT2D eigenvalue weighted by Gasteiger charge is -2.09. The summed E-state index contributed by atoms with van der Waals surface area (Å²) in [6.45, 7) is 0. The summed E-state index contributed by atoms with van der Waals surface area (Å²) in [6.07, 6.45) is -3.32. The van der Waals surface area contributed by atoms with Gasteiger partial charge in [-0.05, 0) is 48.5 Å². The Hall–Kier alpha value is -3.66. The standard InChI is InChI=1S/C22H13BrF3N3O3/c23-14-7-8-18-13(10-14)11-17(20(30)29-19-6-1-2-9-27-19)21(31-18)28-15-4-3-5-16(12-15)32-22(24,25)26/h1-12H,(H,27,29,30). The minimum Gasteiger partial charge on any atom is -0.438 e. The fourth-order valence-corrected chi connectivity index (χ4v) is 3.21. The molecule has 1 amide bonds. The van der Waals surface area contributed by atoms with Crippen molar-refractivity contribution in [1.29, 1.82) is 0 Å². The minimum atomic E-state index is -4.84. The van der Waals surface area contributed by atoms with Crippen LogP contribution >= 0.6 is 15.9 Å². The normalized spacial score (nSPS) is 12.1. The Balaban J connectivity index is 1.82. The van der Waals surface area contributed by atoms with Crippen LogP contribution in [0.15, 0.2) is 86.8 Å². The van der Waals surface area contributed by atoms with E-state index < -0.39 is 18.0 Å². The zero-order valence-electron chi connectivity index (χ0n) is 16.1. The van der Waals surface area contributed by atoms with Crippen molar-refractivity contribution in [3.05, 3.63) is 88.5 Å². The lowest BCUT2D eigenvalue weighted by molar-refractivity contribution is -0.274. The van der Waals surface area contributed by atoms with Crippen LogP contribution in [0.5, 0.6) is 5.75 Å². The number of nitrogens with one attached hydrogen (secondary N) is 1. The highest BCUT2D eigenvalue weighted by Crippen LogP contribution is 2.26. The second-order valence-electron chi connectivity index (χ2n) is 6.47. The number of pyridine rings is 1. The van der Waals surface area contributed by atoms with Gasteiger partial charge in [-0.1, -0.05) is 28.1 Å². The SMILES string of the molecule is O=C(Nc1ccccn1)c1cc2cc(Br)ccc2oc1=Nc1cccc(OC(F)(F)F)c1. The Kier molecular flexibility index (Phi) is 5.95. The molecule has 0 atom stereocenters. The summed E-state index contributed by atoms with van der Waals surface area (Å²) < 4.78 is 48.2. The van der Waals surface area contributed by atoms with Gasteiger partial charge in [-0.3, -0.25) is 4.79 Å². The Morgan fingerprint density at radius 2 is 1.91 bits per heavy atom. The first-order valence-corrected chi connectivity index (χ1v) is 9.92. The maximum atomic E-state index is 13.0. The zero-order valence-corrected chi connectivity index (χ0v) is 17.6. The molecule has 162 valence electrons. The molecule has 2 aromatic heterocycles. The van der Waals surface area contributed by atoms with E-state index in [0.717, 1.165) is 16.6 Å². The number of rotatable bonds is 4. The summed E-state index contributed by atoms with van der Waals surface area (Å²) in [6, 6.07) is 16.9. The number of anilines is 1. The number of ether oxygens (including phenoxy) is 1. The first kappa shape index (κ1) is 21.6. The van der Waals surface area contributed by atoms with E-state index in [2.05, 4.69) is 36.0 Å². The molecule has 10 heteroatoms. The summed E-state index contributed by atoms with van der Waals surface area (Å²) in [5, 5.41) is 3.27. The molecular formula is C22H13BrF3N3O3. The van der Waals surface area contributed by atoms with Gasteiger partial charge in [0.1, 0.15) is 22.7 Å². The molecule has 0 radical (unpaired) electrons. The van der Waals surface area contributed by atoms with E-state index in [-0.39, 0.29) is 16.8 Å². The van der Waals surface area contributed by atoms with Crippen molar-refractivity contribution in [2.45, 2.75) is 6.36 Å². The molecule has 4 aromatic rings. The van der Waals surface area contributed by atoms with Gasteiger partial charge in [0.15, 0.2) is 0 Å². The van der Waals surface area contributed by atoms with Gasteiger partial charge >= 0.3 is 6.36 Å². The number of carbonyl (C=O) groups is 1. The van der Waals surface area contributed by atoms with Crippen molar-refractivity contribution in [2.24, 2.45) is 4.99 Å². The van der Waals surface area contributed by atoms with E-state index in [4.69, 9.17) is 4.42 Å². The molecule has 0 unspecified atom stereocenters. The average Bonchev–Trinajstić information content (AvgIpc) is 2.73. The summed E-state index contributed by atoms with van der Waals surface area (Å²) in [5.74, 6) is -0.669. The van der Waals surface area contributed by atoms with Crippen LogP contribution in [-0.4, -0.2) is 17.3 Å². The molecule has 0 saturated heterocycles. The number of hydrogen-bond donors (Lipinski definition) is 1. The highest BCUT2D eigenvalue weighted by Gasteiger charge is 2.31. The monoisotopic (exact) mass is 503 g/mol. The highest BCUT2D eigenvalue weighted by molar-refractivity contribution is 9.10. The van der Waals surface area contributed by atoms with Gasteiger partial charge < -0.3 is 14.5 Å². The van der Waals surface area contributed by atoms with E-state index in [0.29, 0.717) is 16.8 Å². The second-order valence-corrected chi connectivity index (χ2v) is 7.39. The van der Waals surface area contributed by atoms with Crippen molar-refractivity contribution >= 4 is 44.3 Å². The molecule has 0 aliphatic carbocycles. The topological polar surface area (TPSA) is 76.7 Å². The molecule has 4 rings (SSSR count). The molecule has 32 heavy (non-hydrogen) atoms. The van der Waals surface area contributed by atoms with Crippen LogP contribution in [0.25, 0.3) is 11.0 Å². The molecule has 0 saturated carbocycles. The molecule has 2 aromatic carbocycles. The van der Waals surface area contributed by atoms with Crippen molar-refractivity contribution in [1.82, 2.24) is 4.98 Å². The van der Waals surface area contributed by atoms with Gasteiger partial charge in [-0.2, -0.15) is 0 Å². The number of fused-ring (bicyclic) bond motifs is 1. The van der Waals surface area contributed by atoms with E-state index in [1.165, 1.54) is 18.3 Å². The number of halogens is 4. The largest absolute Gasteiger partial charge is 0.573 e. The number of hydrogen-bond acceptors (Lipinski definition) is 5. The third kappa shape index (κ3) is 5.33. The predicted molar refractivity (Wildman–Crippen MR) is 114 cm³/mol. The van der Waals surface area contributed by atoms with Crippen LogP contribution in [0.3, 0.4) is 0 Å². The number of alkyl halides is 3. The van der Waals surface area contributed by atoms with Crippen molar-refractivity contribution in [3.8, 4) is 5.75 Å². The number of nitrogens with zero attached hydrogens (tertiary/aromatic N) is 2. The zero-order chi connectivity index (χ0) is 22.7. The molecule has 0 fully saturated rings. The number of aromatic nitrogens is 1. The minimum absolute atomic E-state index is 0.0726. The fourth-order valence-electron chi connectivity index (χ4n) is 2.83. The molecule has 0 bridgehead atoms. The van der Waals surface area contributed by atoms with Crippen LogP contribution in [0.1, 0.15) is 10.4 Å². The third-order valence-corrected chi connectivity index (χ3v) is 4.63. The van der Waals surface area contributed by atoms with Crippen LogP contribution < -0.4 is 15.6 Å². The summed E-state index contributed by atoms with van der Waals surface area (Å²) >= 11 is 3.37. The van der Waals surface area contributed by atoms with Gasteiger partial charge in [0.05, 0.1) is 5.69 Å². The van der Waals surface area contributed by atoms with E-state index in [1.807, 2.05) is 0 Å². The highest BCUT2D eigenvalue weighted by atomic mass is 79.9. The predicted octanol–water partition coefficient (Wildman–Crippen LogP) is 5.97. The third-order valence-electron chi connectivity index (χ3n) is 4.14. The number of carbonyl (C=O) groups excluding carboxylic acids is 1. The van der Waals surface area contributed by atoms with Gasteiger partial charge in [-0.15, -0.1) is 13.2 Å². The number of benzene rings is 2. The van der Waals surface area contributed by atoms with Gasteiger partial charge in [0.25, 0.3) is 5.91 Å². The van der Waals surface area contributed by atoms with Gasteiger partial charge in [-0.25, -0.2) is 9.98 Å². The first-order valence-electron chi connectivity index (χ1n) is 9.13. The van der Waals surface area contributed by atoms with E-state index >= 15 is 0 Å². The van der Waals surface area contributed by atoms with Crippen molar-refractivity contribution in [2.75, 3.05) is 5.32 Å². The quantitative estimate of drug-likeness (QED) is 0.372. The van der Waals surface area contributed by atoms with Gasteiger partial charge in [0, 0.05) is 22.1 Å². The van der Waals surface area contributed by atoms with Crippen LogP contribution in [0.4, 0.5) is 24.7 Å². The van der Waals surface area contributed by atoms with Gasteiger partial charge in [0.2, 0.25) is 5.55 Å². The fraction of sp³-hybridized carbons (Fsp3) is 0.0455. The van der Waals surface area contributed by atoms with E-state index in [9.17, 15) is 18.0 Å². The van der Waals surface area contributed by atoms with Crippen LogP contribution in [0, 0.1) is 0 Å². The Labute approximate surface area is 187 Å². The second kappa shape index (κ2) is 8.83. The Bertz CT molecular complexity index is 1360. The molecule has 0 aliphatic heterocycles. The maximum Gasteiger partial charge on any atom is 0.573 e. The van der Waals surface area contributed by atoms with Crippen molar-refractivity contribution in [3.63, 3.8) is 0 Å². The van der Waals surface area contributed by atoms with E-state index in [1.54, 1.807) is 42.5 Å². The van der Waals surface area contributed by atoms with Crippen LogP contribution in [-0.2, 0) is 0 Å². The maximum absolute atomic E-state index is 13.0. The summed E-state index contributed by atoms with van der Waals surface area (Å²) in [7, 11) is 0. The molecule has 6 nitrogen and oxygen atoms in total. The Morgan fingerprint density at radius 3 is 2.66 bits per heavy atom. The molecular weight excluding hydrogens is 491 g/mol. The molecule has 0 spiro atoms. The smallest absolute Gasteiger partial charge is 0.438 e. The van der Waals surface area contributed by atoms with Crippen LogP contribution in [0.2, 0.25) is 0 Å². The average molecular weight is 504 g/mol. The van der Waals surface area contributed by atoms with Crippen molar-refractivity contribution < 1.29 is 27.1 Å². The molecule has 1 N–H and O–H groups in total. The molecule has 2 heterocycles. The molecule has 0 aliphatic rings. The lowest BCUT2D eigenvalue weighted by atomic mass is 10.1. The number of amides is 1. The Morgan fingerprint density at radius 1 is 1.06 bits per heavy atom. The lowest BCUT2D eigenvalue weighted by Crippen LogP contribution is -2.22. The summed E-state index contributed by atoms with van der Waals surface area (Å²) in [4.78, 5) is 21.3. The first-order chi connectivity index (χ1) is 15.3. The summed E-state index contributed by atoms with van der Waals surface area (Å²) in [5.41, 5.74) is 0.531.